The molecule has 2 aliphatic rings. The molecule has 8 amide bonds. The SMILES string of the molecule is CN[C@@H](C)C(=O)N[C@H](C(=O)N1C[C@@H](NC(=O)c2cc(N)cc(C(=O)N[C@H]3C[C@@H](C(=O)N[C@H](C)c4ccc(Cl)cc4)N(C(=O)[C@@H](NC(=O)[C@H](C)NC)C(C)(C)C)C3)c2)C[C@H]1C(=O)N[C@H](C)c1ccc(Cl)cc1)C(C)(C)C. The first-order chi connectivity index (χ1) is 35.0. The van der Waals surface area contributed by atoms with Crippen molar-refractivity contribution in [3.63, 3.8) is 0 Å². The number of benzene rings is 3. The zero-order valence-electron chi connectivity index (χ0n) is 44.9. The van der Waals surface area contributed by atoms with Crippen LogP contribution in [0.4, 0.5) is 5.69 Å². The van der Waals surface area contributed by atoms with Crippen molar-refractivity contribution in [1.29, 1.82) is 0 Å². The van der Waals surface area contributed by atoms with Crippen LogP contribution >= 0.6 is 23.2 Å². The van der Waals surface area contributed by atoms with Gasteiger partial charge >= 0.3 is 0 Å². The molecule has 0 unspecified atom stereocenters. The number of hydrogen-bond donors (Lipinski definition) is 9. The number of nitrogens with one attached hydrogen (secondary N) is 8. The van der Waals surface area contributed by atoms with E-state index in [1.54, 1.807) is 132 Å². The molecule has 75 heavy (non-hydrogen) atoms. The highest BCUT2D eigenvalue weighted by atomic mass is 35.5. The zero-order chi connectivity index (χ0) is 55.9. The molecular weight excluding hydrogens is 1000 g/mol. The third-order valence-corrected chi connectivity index (χ3v) is 14.3. The number of nitrogens with zero attached hydrogens (tertiary/aromatic N) is 2. The van der Waals surface area contributed by atoms with E-state index >= 15 is 0 Å². The largest absolute Gasteiger partial charge is 0.399 e. The van der Waals surface area contributed by atoms with Crippen molar-refractivity contribution in [3.8, 4) is 0 Å². The summed E-state index contributed by atoms with van der Waals surface area (Å²) in [5.41, 5.74) is 6.41. The Morgan fingerprint density at radius 2 is 0.880 bits per heavy atom. The van der Waals surface area contributed by atoms with Gasteiger partial charge in [-0.3, -0.25) is 38.4 Å². The number of hydrogen-bond acceptors (Lipinski definition) is 11. The lowest BCUT2D eigenvalue weighted by molar-refractivity contribution is -0.144. The molecule has 0 aliphatic carbocycles. The molecule has 2 heterocycles. The predicted octanol–water partition coefficient (Wildman–Crippen LogP) is 4.01. The maximum absolute atomic E-state index is 14.6. The number of amides is 8. The van der Waals surface area contributed by atoms with Crippen molar-refractivity contribution >= 4 is 76.1 Å². The van der Waals surface area contributed by atoms with Crippen LogP contribution in [-0.2, 0) is 28.8 Å². The van der Waals surface area contributed by atoms with E-state index in [4.69, 9.17) is 28.9 Å². The molecule has 3 aromatic carbocycles. The van der Waals surface area contributed by atoms with E-state index in [1.165, 1.54) is 28.0 Å². The van der Waals surface area contributed by atoms with Crippen molar-refractivity contribution in [3.05, 3.63) is 99.0 Å². The Kier molecular flexibility index (Phi) is 19.9. The lowest BCUT2D eigenvalue weighted by Gasteiger charge is -2.36. The van der Waals surface area contributed by atoms with Gasteiger partial charge in [0.2, 0.25) is 35.4 Å². The molecule has 19 nitrogen and oxygen atoms in total. The number of carbonyl (C=O) groups is 8. The minimum Gasteiger partial charge on any atom is -0.399 e. The van der Waals surface area contributed by atoms with Gasteiger partial charge in [-0.25, -0.2) is 0 Å². The highest BCUT2D eigenvalue weighted by molar-refractivity contribution is 6.30. The molecule has 0 saturated carbocycles. The highest BCUT2D eigenvalue weighted by Gasteiger charge is 2.47. The number of carbonyl (C=O) groups excluding carboxylic acids is 8. The normalized spacial score (nSPS) is 20.1. The van der Waals surface area contributed by atoms with Gasteiger partial charge in [0.25, 0.3) is 11.8 Å². The zero-order valence-corrected chi connectivity index (χ0v) is 46.5. The first kappa shape index (κ1) is 59.6. The summed E-state index contributed by atoms with van der Waals surface area (Å²) in [6, 6.07) is 10.2. The first-order valence-corrected chi connectivity index (χ1v) is 26.0. The molecule has 408 valence electrons. The lowest BCUT2D eigenvalue weighted by Crippen LogP contribution is -2.59. The smallest absolute Gasteiger partial charge is 0.251 e. The van der Waals surface area contributed by atoms with Gasteiger partial charge in [-0.2, -0.15) is 0 Å². The molecule has 3 aromatic rings. The van der Waals surface area contributed by atoms with Gasteiger partial charge in [-0.1, -0.05) is 89.0 Å². The van der Waals surface area contributed by atoms with Crippen LogP contribution in [0.3, 0.4) is 0 Å². The van der Waals surface area contributed by atoms with E-state index in [1.807, 2.05) is 0 Å². The van der Waals surface area contributed by atoms with Gasteiger partial charge in [0.05, 0.1) is 24.2 Å². The molecule has 10 atom stereocenters. The maximum Gasteiger partial charge on any atom is 0.251 e. The summed E-state index contributed by atoms with van der Waals surface area (Å²) in [6.07, 6.45) is 0.0326. The van der Waals surface area contributed by atoms with E-state index in [-0.39, 0.29) is 42.7 Å². The molecule has 0 bridgehead atoms. The molecule has 21 heteroatoms. The number of likely N-dealkylation sites (tertiary alicyclic amines) is 2. The molecule has 10 N–H and O–H groups in total. The van der Waals surface area contributed by atoms with Crippen LogP contribution in [0.5, 0.6) is 0 Å². The summed E-state index contributed by atoms with van der Waals surface area (Å²) in [5.74, 6) is -4.07. The van der Waals surface area contributed by atoms with Crippen LogP contribution in [0, 0.1) is 10.8 Å². The molecule has 0 aromatic heterocycles. The van der Waals surface area contributed by atoms with E-state index in [2.05, 4.69) is 42.5 Å². The minimum atomic E-state index is -1.06. The standard InChI is InChI=1S/C54H75Cl2N11O8/c1-28(32-13-17-36(55)18-14-32)60-49(72)41-24-39(26-66(41)51(74)43(53(5,6)7)64-45(68)30(3)58-11)62-47(70)34-21-35(23-38(57)22-34)48(71)63-40-25-42(50(73)61-29(2)33-15-19-37(56)20-16-33)67(27-40)52(75)44(54(8,9)10)65-46(69)31(4)59-12/h13-23,28-31,39-44,58-59H,24-27,57H2,1-12H3,(H,60,72)(H,61,73)(H,62,70)(H,63,71)(H,64,68)(H,65,69)/t28-,29-,30+,31+,39+,40+,41+,42+,43-,44-/m1/s1. The van der Waals surface area contributed by atoms with Crippen molar-refractivity contribution in [2.45, 2.75) is 142 Å². The van der Waals surface area contributed by atoms with Crippen LogP contribution in [0.25, 0.3) is 0 Å². The average molecular weight is 1080 g/mol. The van der Waals surface area contributed by atoms with Gasteiger partial charge in [-0.05, 0) is 119 Å². The van der Waals surface area contributed by atoms with Gasteiger partial charge in [0.1, 0.15) is 24.2 Å². The molecule has 0 spiro atoms. The Balaban J connectivity index is 1.38. The second-order valence-corrected chi connectivity index (χ2v) is 22.7. The molecule has 2 aliphatic heterocycles. The van der Waals surface area contributed by atoms with Gasteiger partial charge in [0.15, 0.2) is 0 Å². The minimum absolute atomic E-state index is 0.0133. The molecule has 2 saturated heterocycles. The fraction of sp³-hybridized carbons (Fsp3) is 0.519. The number of nitrogens with two attached hydrogens (primary N) is 1. The Bertz CT molecular complexity index is 2420. The summed E-state index contributed by atoms with van der Waals surface area (Å²) in [4.78, 5) is 115. The van der Waals surface area contributed by atoms with E-state index in [0.717, 1.165) is 11.1 Å². The Hall–Kier alpha value is -6.28. The molecule has 5 rings (SSSR count). The van der Waals surface area contributed by atoms with Crippen LogP contribution in [-0.4, -0.2) is 133 Å². The fourth-order valence-electron chi connectivity index (χ4n) is 9.03. The topological polar surface area (TPSA) is 265 Å². The average Bonchev–Trinajstić information content (AvgIpc) is 3.98. The van der Waals surface area contributed by atoms with E-state index in [0.29, 0.717) is 10.0 Å². The maximum atomic E-state index is 14.6. The van der Waals surface area contributed by atoms with Crippen molar-refractivity contribution < 1.29 is 38.4 Å². The van der Waals surface area contributed by atoms with Crippen LogP contribution in [0.1, 0.15) is 126 Å². The number of nitrogen functional groups attached to an aromatic ring is 1. The number of likely N-dealkylation sites (N-methyl/N-ethyl adjacent to an activating group) is 2. The lowest BCUT2D eigenvalue weighted by atomic mass is 9.85. The van der Waals surface area contributed by atoms with Gasteiger partial charge in [0, 0.05) is 52.0 Å². The van der Waals surface area contributed by atoms with Crippen molar-refractivity contribution in [1.82, 2.24) is 52.3 Å². The molecule has 2 fully saturated rings. The monoisotopic (exact) mass is 1080 g/mol. The predicted molar refractivity (Wildman–Crippen MR) is 289 cm³/mol. The summed E-state index contributed by atoms with van der Waals surface area (Å²) in [7, 11) is 3.25. The van der Waals surface area contributed by atoms with E-state index in [9.17, 15) is 38.4 Å². The number of halogens is 2. The first-order valence-electron chi connectivity index (χ1n) is 25.2. The third kappa shape index (κ3) is 15.4. The van der Waals surface area contributed by atoms with Crippen LogP contribution < -0.4 is 48.3 Å². The second kappa shape index (κ2) is 25.0. The Morgan fingerprint density at radius 3 is 1.19 bits per heavy atom. The summed E-state index contributed by atoms with van der Waals surface area (Å²) in [5, 5.41) is 24.4. The quantitative estimate of drug-likeness (QED) is 0.0823. The van der Waals surface area contributed by atoms with Crippen molar-refractivity contribution in [2.75, 3.05) is 32.9 Å². The van der Waals surface area contributed by atoms with Gasteiger partial charge < -0.3 is 58.1 Å². The Morgan fingerprint density at radius 1 is 0.547 bits per heavy atom. The summed E-state index contributed by atoms with van der Waals surface area (Å²) in [6.45, 7) is 17.6. The van der Waals surface area contributed by atoms with Crippen LogP contribution in [0.15, 0.2) is 66.7 Å². The van der Waals surface area contributed by atoms with E-state index < -0.39 is 119 Å². The third-order valence-electron chi connectivity index (χ3n) is 13.8. The Labute approximate surface area is 450 Å². The van der Waals surface area contributed by atoms with Crippen LogP contribution in [0.2, 0.25) is 10.0 Å². The molecule has 0 radical (unpaired) electrons. The van der Waals surface area contributed by atoms with Crippen molar-refractivity contribution in [2.24, 2.45) is 10.8 Å². The summed E-state index contributed by atoms with van der Waals surface area (Å²) >= 11 is 12.2. The number of anilines is 1. The van der Waals surface area contributed by atoms with Gasteiger partial charge in [-0.15, -0.1) is 0 Å². The molecular formula is C54H75Cl2N11O8. The number of rotatable bonds is 18. The fourth-order valence-corrected chi connectivity index (χ4v) is 9.28. The second-order valence-electron chi connectivity index (χ2n) is 21.9. The highest BCUT2D eigenvalue weighted by Crippen LogP contribution is 2.30. The summed E-state index contributed by atoms with van der Waals surface area (Å²) < 4.78 is 0.